The van der Waals surface area contributed by atoms with Gasteiger partial charge in [0.2, 0.25) is 23.6 Å². The number of anilines is 2. The van der Waals surface area contributed by atoms with Gasteiger partial charge < -0.3 is 11.1 Å². The SMILES string of the molecule is NC(=O)CC[C@@H]1N[C@]2(C(=O)Nc3ccccc32)[C@@H]2C(=O)N(c3ccc(Cl)c(Cl)c3)C(=O)[C@H]12. The van der Waals surface area contributed by atoms with E-state index in [1.165, 1.54) is 18.2 Å². The lowest BCUT2D eigenvalue weighted by Gasteiger charge is -2.29. The lowest BCUT2D eigenvalue weighted by molar-refractivity contribution is -0.130. The van der Waals surface area contributed by atoms with Crippen molar-refractivity contribution in [3.8, 4) is 0 Å². The number of fused-ring (bicyclic) bond motifs is 4. The van der Waals surface area contributed by atoms with Crippen LogP contribution in [-0.4, -0.2) is 29.7 Å². The van der Waals surface area contributed by atoms with Crippen LogP contribution in [0.4, 0.5) is 11.4 Å². The van der Waals surface area contributed by atoms with Gasteiger partial charge >= 0.3 is 0 Å². The minimum Gasteiger partial charge on any atom is -0.370 e. The minimum atomic E-state index is -1.43. The summed E-state index contributed by atoms with van der Waals surface area (Å²) in [5.74, 6) is -3.76. The van der Waals surface area contributed by atoms with E-state index in [0.29, 0.717) is 11.3 Å². The fourth-order valence-corrected chi connectivity index (χ4v) is 5.48. The van der Waals surface area contributed by atoms with E-state index in [2.05, 4.69) is 10.6 Å². The predicted octanol–water partition coefficient (Wildman–Crippen LogP) is 2.18. The van der Waals surface area contributed by atoms with Crippen molar-refractivity contribution in [2.24, 2.45) is 17.6 Å². The molecule has 2 fully saturated rings. The third-order valence-electron chi connectivity index (χ3n) is 6.49. The van der Waals surface area contributed by atoms with Gasteiger partial charge in [0.1, 0.15) is 5.54 Å². The molecule has 4 atom stereocenters. The third-order valence-corrected chi connectivity index (χ3v) is 7.22. The number of rotatable bonds is 4. The molecule has 0 bridgehead atoms. The summed E-state index contributed by atoms with van der Waals surface area (Å²) >= 11 is 12.1. The zero-order valence-corrected chi connectivity index (χ0v) is 18.1. The maximum absolute atomic E-state index is 13.7. The number of nitrogens with two attached hydrogens (primary N) is 1. The van der Waals surface area contributed by atoms with E-state index >= 15 is 0 Å². The third kappa shape index (κ3) is 2.80. The monoisotopic (exact) mass is 472 g/mol. The Morgan fingerprint density at radius 2 is 1.81 bits per heavy atom. The average Bonchev–Trinajstić information content (AvgIpc) is 3.33. The number of para-hydroxylation sites is 1. The first-order valence-corrected chi connectivity index (χ1v) is 10.8. The Kier molecular flexibility index (Phi) is 4.77. The van der Waals surface area contributed by atoms with Gasteiger partial charge in [-0.05, 0) is 30.7 Å². The molecule has 4 N–H and O–H groups in total. The molecule has 32 heavy (non-hydrogen) atoms. The summed E-state index contributed by atoms with van der Waals surface area (Å²) in [5, 5.41) is 6.56. The Hall–Kier alpha value is -2.94. The molecule has 2 aromatic rings. The maximum atomic E-state index is 13.7. The van der Waals surface area contributed by atoms with Crippen LogP contribution in [0.2, 0.25) is 10.0 Å². The number of hydrogen-bond acceptors (Lipinski definition) is 5. The summed E-state index contributed by atoms with van der Waals surface area (Å²) in [7, 11) is 0. The molecule has 164 valence electrons. The number of nitrogens with one attached hydrogen (secondary N) is 2. The van der Waals surface area contributed by atoms with Crippen molar-refractivity contribution >= 4 is 58.2 Å². The molecule has 5 rings (SSSR count). The fraction of sp³-hybridized carbons (Fsp3) is 0.273. The molecule has 3 aliphatic rings. The highest BCUT2D eigenvalue weighted by molar-refractivity contribution is 6.42. The predicted molar refractivity (Wildman–Crippen MR) is 118 cm³/mol. The van der Waals surface area contributed by atoms with Gasteiger partial charge in [0.25, 0.3) is 0 Å². The van der Waals surface area contributed by atoms with Gasteiger partial charge in [-0.2, -0.15) is 0 Å². The molecule has 4 amide bonds. The lowest BCUT2D eigenvalue weighted by atomic mass is 9.76. The van der Waals surface area contributed by atoms with E-state index in [0.717, 1.165) is 4.90 Å². The van der Waals surface area contributed by atoms with Crippen LogP contribution in [0.15, 0.2) is 42.5 Å². The Balaban J connectivity index is 1.64. The van der Waals surface area contributed by atoms with E-state index in [1.54, 1.807) is 24.3 Å². The summed E-state index contributed by atoms with van der Waals surface area (Å²) in [6, 6.07) is 10.9. The van der Waals surface area contributed by atoms with Gasteiger partial charge in [0.05, 0.1) is 27.6 Å². The molecule has 3 heterocycles. The minimum absolute atomic E-state index is 0.00841. The molecule has 0 aromatic heterocycles. The van der Waals surface area contributed by atoms with Crippen molar-refractivity contribution < 1.29 is 19.2 Å². The number of amides is 4. The topological polar surface area (TPSA) is 122 Å². The van der Waals surface area contributed by atoms with Crippen LogP contribution in [0.3, 0.4) is 0 Å². The van der Waals surface area contributed by atoms with Crippen LogP contribution in [-0.2, 0) is 24.7 Å². The molecular formula is C22H18Cl2N4O4. The largest absolute Gasteiger partial charge is 0.370 e. The van der Waals surface area contributed by atoms with E-state index < -0.39 is 47.0 Å². The summed E-state index contributed by atoms with van der Waals surface area (Å²) < 4.78 is 0. The van der Waals surface area contributed by atoms with Crippen LogP contribution >= 0.6 is 23.2 Å². The van der Waals surface area contributed by atoms with Gasteiger partial charge in [-0.1, -0.05) is 41.4 Å². The van der Waals surface area contributed by atoms with Crippen molar-refractivity contribution in [3.05, 3.63) is 58.1 Å². The first-order valence-electron chi connectivity index (χ1n) is 10.1. The number of imide groups is 1. The first kappa shape index (κ1) is 20.9. The van der Waals surface area contributed by atoms with Crippen LogP contribution in [0.1, 0.15) is 18.4 Å². The zero-order valence-electron chi connectivity index (χ0n) is 16.6. The summed E-state index contributed by atoms with van der Waals surface area (Å²) in [6.07, 6.45) is 0.219. The number of nitrogens with zero attached hydrogens (tertiary/aromatic N) is 1. The highest BCUT2D eigenvalue weighted by Gasteiger charge is 2.70. The second-order valence-corrected chi connectivity index (χ2v) is 8.99. The van der Waals surface area contributed by atoms with Gasteiger partial charge in [0, 0.05) is 23.7 Å². The van der Waals surface area contributed by atoms with E-state index in [9.17, 15) is 19.2 Å². The number of benzene rings is 2. The van der Waals surface area contributed by atoms with Gasteiger partial charge in [-0.3, -0.25) is 24.5 Å². The molecule has 3 aliphatic heterocycles. The molecule has 2 aromatic carbocycles. The van der Waals surface area contributed by atoms with E-state index in [4.69, 9.17) is 28.9 Å². The number of primary amides is 1. The number of hydrogen-bond donors (Lipinski definition) is 3. The van der Waals surface area contributed by atoms with E-state index in [1.807, 2.05) is 0 Å². The summed E-state index contributed by atoms with van der Waals surface area (Å²) in [5.41, 5.74) is 5.35. The smallest absolute Gasteiger partial charge is 0.250 e. The molecule has 0 saturated carbocycles. The van der Waals surface area contributed by atoms with E-state index in [-0.39, 0.29) is 28.6 Å². The quantitative estimate of drug-likeness (QED) is 0.588. The molecule has 8 nitrogen and oxygen atoms in total. The Morgan fingerprint density at radius 1 is 1.06 bits per heavy atom. The summed E-state index contributed by atoms with van der Waals surface area (Å²) in [4.78, 5) is 53.1. The van der Waals surface area contributed by atoms with Crippen molar-refractivity contribution in [2.45, 2.75) is 24.4 Å². The normalized spacial score (nSPS) is 28.2. The second-order valence-electron chi connectivity index (χ2n) is 8.18. The average molecular weight is 473 g/mol. The van der Waals surface area contributed by atoms with Gasteiger partial charge in [-0.15, -0.1) is 0 Å². The number of halogens is 2. The van der Waals surface area contributed by atoms with Crippen LogP contribution in [0.25, 0.3) is 0 Å². The molecule has 1 spiro atoms. The van der Waals surface area contributed by atoms with Gasteiger partial charge in [0.15, 0.2) is 0 Å². The number of carbonyl (C=O) groups excluding carboxylic acids is 4. The van der Waals surface area contributed by atoms with Crippen LogP contribution < -0.4 is 21.3 Å². The number of carbonyl (C=O) groups is 4. The van der Waals surface area contributed by atoms with Crippen molar-refractivity contribution in [3.63, 3.8) is 0 Å². The Labute approximate surface area is 193 Å². The molecule has 10 heteroatoms. The fourth-order valence-electron chi connectivity index (χ4n) is 5.18. The molecule has 0 aliphatic carbocycles. The van der Waals surface area contributed by atoms with Crippen molar-refractivity contribution in [2.75, 3.05) is 10.2 Å². The maximum Gasteiger partial charge on any atom is 0.250 e. The highest BCUT2D eigenvalue weighted by Crippen LogP contribution is 2.54. The Bertz CT molecular complexity index is 1200. The standard InChI is InChI=1S/C22H18Cl2N4O4/c23-12-6-5-10(9-13(12)24)28-19(30)17-15(7-8-16(25)29)27-22(18(17)20(28)31)11-3-1-2-4-14(11)26-21(22)32/h1-6,9,15,17-18,27H,7-8H2,(H2,25,29)(H,26,32)/t15-,17+,18-,22-/m0/s1. The Morgan fingerprint density at radius 3 is 2.53 bits per heavy atom. The van der Waals surface area contributed by atoms with Crippen molar-refractivity contribution in [1.82, 2.24) is 5.32 Å². The van der Waals surface area contributed by atoms with Crippen LogP contribution in [0.5, 0.6) is 0 Å². The molecule has 0 unspecified atom stereocenters. The second kappa shape index (κ2) is 7.30. The lowest BCUT2D eigenvalue weighted by Crippen LogP contribution is -2.53. The first-order chi connectivity index (χ1) is 15.3. The molecule has 0 radical (unpaired) electrons. The zero-order chi connectivity index (χ0) is 22.8. The molecule has 2 saturated heterocycles. The van der Waals surface area contributed by atoms with Gasteiger partial charge in [-0.25, -0.2) is 4.90 Å². The van der Waals surface area contributed by atoms with Crippen molar-refractivity contribution in [1.29, 1.82) is 0 Å². The van der Waals surface area contributed by atoms with Crippen LogP contribution in [0, 0.1) is 11.8 Å². The highest BCUT2D eigenvalue weighted by atomic mass is 35.5. The summed E-state index contributed by atoms with van der Waals surface area (Å²) in [6.45, 7) is 0. The molecular weight excluding hydrogens is 455 g/mol.